The van der Waals surface area contributed by atoms with Gasteiger partial charge in [-0.05, 0) is 61.6 Å². The van der Waals surface area contributed by atoms with Crippen molar-refractivity contribution < 1.29 is 4.74 Å². The van der Waals surface area contributed by atoms with Crippen molar-refractivity contribution in [3.8, 4) is 0 Å². The van der Waals surface area contributed by atoms with Crippen LogP contribution in [0, 0.1) is 5.92 Å². The number of hydrogen-bond acceptors (Lipinski definition) is 2. The highest BCUT2D eigenvalue weighted by Gasteiger charge is 2.20. The van der Waals surface area contributed by atoms with Gasteiger partial charge in [0.2, 0.25) is 0 Å². The first-order valence-electron chi connectivity index (χ1n) is 8.33. The van der Waals surface area contributed by atoms with Gasteiger partial charge in [-0.3, -0.25) is 0 Å². The summed E-state index contributed by atoms with van der Waals surface area (Å²) in [6, 6.07) is 7.43. The molecule has 0 unspecified atom stereocenters. The standard InChI is InChI=1S/C18H26BrNO/c1-13-2-8-17(9-3-13)21-12-15-5-4-14(10-18(15)19)11-20-16-6-7-16/h4-5,10,13,16-17,20H,2-3,6-9,11-12H2,1H3. The van der Waals surface area contributed by atoms with Gasteiger partial charge in [0.15, 0.2) is 0 Å². The Balaban J connectivity index is 1.48. The van der Waals surface area contributed by atoms with Gasteiger partial charge in [0.05, 0.1) is 12.7 Å². The molecule has 0 aliphatic heterocycles. The summed E-state index contributed by atoms with van der Waals surface area (Å²) in [7, 11) is 0. The molecule has 21 heavy (non-hydrogen) atoms. The van der Waals surface area contributed by atoms with Gasteiger partial charge in [-0.25, -0.2) is 0 Å². The average Bonchev–Trinajstić information content (AvgIpc) is 3.30. The minimum Gasteiger partial charge on any atom is -0.374 e. The zero-order valence-corrected chi connectivity index (χ0v) is 14.5. The van der Waals surface area contributed by atoms with Crippen LogP contribution >= 0.6 is 15.9 Å². The number of rotatable bonds is 6. The predicted molar refractivity (Wildman–Crippen MR) is 90.2 cm³/mol. The highest BCUT2D eigenvalue weighted by molar-refractivity contribution is 9.10. The highest BCUT2D eigenvalue weighted by atomic mass is 79.9. The normalized spacial score (nSPS) is 26.0. The van der Waals surface area contributed by atoms with Crippen LogP contribution in [0.15, 0.2) is 22.7 Å². The van der Waals surface area contributed by atoms with Crippen LogP contribution in [0.5, 0.6) is 0 Å². The van der Waals surface area contributed by atoms with E-state index in [1.54, 1.807) is 0 Å². The van der Waals surface area contributed by atoms with Crippen molar-refractivity contribution in [2.45, 2.75) is 70.7 Å². The number of halogens is 1. The third-order valence-electron chi connectivity index (χ3n) is 4.73. The Hall–Kier alpha value is -0.380. The second kappa shape index (κ2) is 7.26. The number of ether oxygens (including phenoxy) is 1. The molecule has 2 nitrogen and oxygen atoms in total. The van der Waals surface area contributed by atoms with E-state index in [-0.39, 0.29) is 0 Å². The van der Waals surface area contributed by atoms with Crippen LogP contribution in [-0.4, -0.2) is 12.1 Å². The summed E-state index contributed by atoms with van der Waals surface area (Å²) in [6.45, 7) is 4.06. The highest BCUT2D eigenvalue weighted by Crippen LogP contribution is 2.27. The molecule has 3 rings (SSSR count). The van der Waals surface area contributed by atoms with E-state index in [4.69, 9.17) is 4.74 Å². The van der Waals surface area contributed by atoms with Crippen molar-refractivity contribution in [2.24, 2.45) is 5.92 Å². The summed E-state index contributed by atoms with van der Waals surface area (Å²) in [5.74, 6) is 0.884. The van der Waals surface area contributed by atoms with Gasteiger partial charge in [-0.1, -0.05) is 35.0 Å². The molecule has 1 N–H and O–H groups in total. The van der Waals surface area contributed by atoms with Crippen molar-refractivity contribution >= 4 is 15.9 Å². The van der Waals surface area contributed by atoms with Crippen LogP contribution in [-0.2, 0) is 17.9 Å². The lowest BCUT2D eigenvalue weighted by molar-refractivity contribution is 0.00852. The molecule has 1 aromatic carbocycles. The van der Waals surface area contributed by atoms with E-state index < -0.39 is 0 Å². The fourth-order valence-electron chi connectivity index (χ4n) is 2.97. The average molecular weight is 352 g/mol. The largest absolute Gasteiger partial charge is 0.374 e. The topological polar surface area (TPSA) is 21.3 Å². The molecular formula is C18H26BrNO. The van der Waals surface area contributed by atoms with Crippen LogP contribution in [0.1, 0.15) is 56.6 Å². The summed E-state index contributed by atoms with van der Waals surface area (Å²) < 4.78 is 7.28. The van der Waals surface area contributed by atoms with Gasteiger partial charge in [-0.2, -0.15) is 0 Å². The Morgan fingerprint density at radius 2 is 1.90 bits per heavy atom. The Kier molecular flexibility index (Phi) is 5.36. The molecule has 0 radical (unpaired) electrons. The molecule has 0 heterocycles. The van der Waals surface area contributed by atoms with Gasteiger partial charge in [-0.15, -0.1) is 0 Å². The van der Waals surface area contributed by atoms with E-state index in [2.05, 4.69) is 46.4 Å². The second-order valence-corrected chi connectivity index (χ2v) is 7.63. The molecule has 2 saturated carbocycles. The smallest absolute Gasteiger partial charge is 0.0731 e. The predicted octanol–water partition coefficient (Wildman–Crippen LogP) is 4.80. The maximum Gasteiger partial charge on any atom is 0.0731 e. The summed E-state index contributed by atoms with van der Waals surface area (Å²) in [6.07, 6.45) is 8.23. The molecule has 116 valence electrons. The summed E-state index contributed by atoms with van der Waals surface area (Å²) in [5.41, 5.74) is 2.62. The van der Waals surface area contributed by atoms with Crippen LogP contribution in [0.2, 0.25) is 0 Å². The minimum atomic E-state index is 0.462. The Morgan fingerprint density at radius 1 is 1.14 bits per heavy atom. The van der Waals surface area contributed by atoms with Gasteiger partial charge in [0, 0.05) is 17.1 Å². The van der Waals surface area contributed by atoms with Crippen LogP contribution in [0.25, 0.3) is 0 Å². The van der Waals surface area contributed by atoms with E-state index in [0.29, 0.717) is 6.10 Å². The summed E-state index contributed by atoms with van der Waals surface area (Å²) in [5, 5.41) is 3.56. The Bertz CT molecular complexity index is 464. The van der Waals surface area contributed by atoms with Crippen LogP contribution in [0.3, 0.4) is 0 Å². The first-order valence-corrected chi connectivity index (χ1v) is 9.12. The Labute approximate surface area is 136 Å². The van der Waals surface area contributed by atoms with Crippen molar-refractivity contribution in [3.05, 3.63) is 33.8 Å². The Morgan fingerprint density at radius 3 is 2.57 bits per heavy atom. The number of nitrogens with one attached hydrogen (secondary N) is 1. The van der Waals surface area contributed by atoms with Gasteiger partial charge in [0.1, 0.15) is 0 Å². The fraction of sp³-hybridized carbons (Fsp3) is 0.667. The van der Waals surface area contributed by atoms with Gasteiger partial charge >= 0.3 is 0 Å². The molecule has 0 amide bonds. The molecule has 1 aromatic rings. The first-order chi connectivity index (χ1) is 10.2. The van der Waals surface area contributed by atoms with Crippen molar-refractivity contribution in [1.82, 2.24) is 5.32 Å². The molecule has 0 aromatic heterocycles. The number of benzene rings is 1. The zero-order valence-electron chi connectivity index (χ0n) is 12.9. The third kappa shape index (κ3) is 4.80. The lowest BCUT2D eigenvalue weighted by atomic mass is 9.89. The lowest BCUT2D eigenvalue weighted by Gasteiger charge is -2.26. The summed E-state index contributed by atoms with van der Waals surface area (Å²) >= 11 is 3.70. The van der Waals surface area contributed by atoms with Crippen molar-refractivity contribution in [3.63, 3.8) is 0 Å². The molecule has 0 spiro atoms. The maximum atomic E-state index is 6.10. The van der Waals surface area contributed by atoms with Crippen molar-refractivity contribution in [2.75, 3.05) is 0 Å². The molecule has 0 saturated heterocycles. The summed E-state index contributed by atoms with van der Waals surface area (Å²) in [4.78, 5) is 0. The number of hydrogen-bond donors (Lipinski definition) is 1. The van der Waals surface area contributed by atoms with E-state index in [9.17, 15) is 0 Å². The van der Waals surface area contributed by atoms with E-state index in [0.717, 1.165) is 25.1 Å². The molecule has 2 aliphatic rings. The molecule has 0 atom stereocenters. The molecule has 3 heteroatoms. The van der Waals surface area contributed by atoms with Crippen molar-refractivity contribution in [1.29, 1.82) is 0 Å². The molecular weight excluding hydrogens is 326 g/mol. The SMILES string of the molecule is CC1CCC(OCc2ccc(CNC3CC3)cc2Br)CC1. The van der Waals surface area contributed by atoms with Gasteiger partial charge < -0.3 is 10.1 Å². The van der Waals surface area contributed by atoms with E-state index in [1.807, 2.05) is 0 Å². The minimum absolute atomic E-state index is 0.462. The lowest BCUT2D eigenvalue weighted by Crippen LogP contribution is -2.20. The first kappa shape index (κ1) is 15.5. The molecule has 2 fully saturated rings. The third-order valence-corrected chi connectivity index (χ3v) is 5.47. The van der Waals surface area contributed by atoms with E-state index in [1.165, 1.54) is 54.1 Å². The fourth-order valence-corrected chi connectivity index (χ4v) is 3.51. The molecule has 0 bridgehead atoms. The van der Waals surface area contributed by atoms with Crippen LogP contribution < -0.4 is 5.32 Å². The van der Waals surface area contributed by atoms with Crippen LogP contribution in [0.4, 0.5) is 0 Å². The van der Waals surface area contributed by atoms with Gasteiger partial charge in [0.25, 0.3) is 0 Å². The second-order valence-electron chi connectivity index (χ2n) is 6.77. The maximum absolute atomic E-state index is 6.10. The van der Waals surface area contributed by atoms with E-state index >= 15 is 0 Å². The monoisotopic (exact) mass is 351 g/mol. The molecule has 2 aliphatic carbocycles. The quantitative estimate of drug-likeness (QED) is 0.794. The zero-order chi connectivity index (χ0) is 14.7.